The summed E-state index contributed by atoms with van der Waals surface area (Å²) < 4.78 is 75.6. The summed E-state index contributed by atoms with van der Waals surface area (Å²) in [5.41, 5.74) is 0.445. The summed E-state index contributed by atoms with van der Waals surface area (Å²) in [6.07, 6.45) is 1.20. The monoisotopic (exact) mass is 336 g/mol. The SMILES string of the molecule is Fc1cc([C@H]2CC[C@H](/C=C/CCC(F)(F)F)CC2)cc(F)c1F. The van der Waals surface area contributed by atoms with E-state index in [1.165, 1.54) is 0 Å². The van der Waals surface area contributed by atoms with E-state index in [1.54, 1.807) is 12.2 Å². The van der Waals surface area contributed by atoms with Gasteiger partial charge in [0.2, 0.25) is 0 Å². The topological polar surface area (TPSA) is 0 Å². The molecule has 0 saturated heterocycles. The van der Waals surface area contributed by atoms with Gasteiger partial charge in [-0.15, -0.1) is 0 Å². The van der Waals surface area contributed by atoms with Gasteiger partial charge in [-0.1, -0.05) is 12.2 Å². The van der Waals surface area contributed by atoms with Crippen molar-refractivity contribution in [2.45, 2.75) is 50.6 Å². The van der Waals surface area contributed by atoms with Crippen LogP contribution >= 0.6 is 0 Å². The summed E-state index contributed by atoms with van der Waals surface area (Å²) in [7, 11) is 0. The Balaban J connectivity index is 1.85. The molecule has 0 aliphatic heterocycles. The highest BCUT2D eigenvalue weighted by atomic mass is 19.4. The first-order valence-electron chi connectivity index (χ1n) is 7.64. The predicted octanol–water partition coefficient (Wildman–Crippen LogP) is 6.28. The molecule has 0 aromatic heterocycles. The smallest absolute Gasteiger partial charge is 0.204 e. The van der Waals surface area contributed by atoms with E-state index in [0.29, 0.717) is 18.4 Å². The lowest BCUT2D eigenvalue weighted by Gasteiger charge is -2.27. The highest BCUT2D eigenvalue weighted by molar-refractivity contribution is 5.23. The fourth-order valence-corrected chi connectivity index (χ4v) is 2.99. The third-order valence-corrected chi connectivity index (χ3v) is 4.25. The summed E-state index contributed by atoms with van der Waals surface area (Å²) in [5, 5.41) is 0. The van der Waals surface area contributed by atoms with Crippen molar-refractivity contribution in [3.05, 3.63) is 47.3 Å². The number of alkyl halides is 3. The lowest BCUT2D eigenvalue weighted by Crippen LogP contribution is -2.12. The second kappa shape index (κ2) is 7.41. The van der Waals surface area contributed by atoms with Gasteiger partial charge in [0.1, 0.15) is 0 Å². The second-order valence-corrected chi connectivity index (χ2v) is 5.99. The first kappa shape index (κ1) is 17.9. The number of hydrogen-bond donors (Lipinski definition) is 0. The van der Waals surface area contributed by atoms with Crippen LogP contribution < -0.4 is 0 Å². The van der Waals surface area contributed by atoms with Crippen LogP contribution in [-0.4, -0.2) is 6.18 Å². The van der Waals surface area contributed by atoms with E-state index in [1.807, 2.05) is 0 Å². The van der Waals surface area contributed by atoms with Crippen LogP contribution in [0.3, 0.4) is 0 Å². The highest BCUT2D eigenvalue weighted by Crippen LogP contribution is 2.37. The van der Waals surface area contributed by atoms with E-state index in [9.17, 15) is 26.3 Å². The van der Waals surface area contributed by atoms with Gasteiger partial charge in [-0.25, -0.2) is 13.2 Å². The largest absolute Gasteiger partial charge is 0.389 e. The lowest BCUT2D eigenvalue weighted by atomic mass is 9.78. The summed E-state index contributed by atoms with van der Waals surface area (Å²) in [6.45, 7) is 0. The van der Waals surface area contributed by atoms with Crippen molar-refractivity contribution in [3.8, 4) is 0 Å². The van der Waals surface area contributed by atoms with Crippen molar-refractivity contribution in [1.29, 1.82) is 0 Å². The molecule has 1 aromatic rings. The van der Waals surface area contributed by atoms with Crippen molar-refractivity contribution < 1.29 is 26.3 Å². The van der Waals surface area contributed by atoms with Crippen LogP contribution in [0.15, 0.2) is 24.3 Å². The Bertz CT molecular complexity index is 530. The van der Waals surface area contributed by atoms with Crippen LogP contribution in [0.4, 0.5) is 26.3 Å². The fourth-order valence-electron chi connectivity index (χ4n) is 2.99. The quantitative estimate of drug-likeness (QED) is 0.345. The Morgan fingerprint density at radius 3 is 2.04 bits per heavy atom. The molecule has 1 fully saturated rings. The normalized spacial score (nSPS) is 22.7. The van der Waals surface area contributed by atoms with E-state index in [4.69, 9.17) is 0 Å². The molecule has 0 spiro atoms. The van der Waals surface area contributed by atoms with Crippen molar-refractivity contribution in [2.75, 3.05) is 0 Å². The minimum absolute atomic E-state index is 0.0299. The van der Waals surface area contributed by atoms with E-state index in [-0.39, 0.29) is 18.3 Å². The molecule has 1 saturated carbocycles. The summed E-state index contributed by atoms with van der Waals surface area (Å²) in [5.74, 6) is -3.69. The Hall–Kier alpha value is -1.46. The van der Waals surface area contributed by atoms with Gasteiger partial charge in [0.25, 0.3) is 0 Å². The zero-order valence-corrected chi connectivity index (χ0v) is 12.5. The van der Waals surface area contributed by atoms with E-state index < -0.39 is 30.0 Å². The first-order chi connectivity index (χ1) is 10.8. The van der Waals surface area contributed by atoms with Gasteiger partial charge in [-0.3, -0.25) is 0 Å². The third kappa shape index (κ3) is 5.29. The van der Waals surface area contributed by atoms with Gasteiger partial charge < -0.3 is 0 Å². The molecule has 23 heavy (non-hydrogen) atoms. The van der Waals surface area contributed by atoms with Crippen LogP contribution in [0.5, 0.6) is 0 Å². The van der Waals surface area contributed by atoms with Crippen molar-refractivity contribution in [2.24, 2.45) is 5.92 Å². The summed E-state index contributed by atoms with van der Waals surface area (Å²) >= 11 is 0. The molecule has 1 aliphatic carbocycles. The van der Waals surface area contributed by atoms with Crippen LogP contribution in [0, 0.1) is 23.4 Å². The summed E-state index contributed by atoms with van der Waals surface area (Å²) in [4.78, 5) is 0. The van der Waals surface area contributed by atoms with E-state index in [2.05, 4.69) is 0 Å². The molecule has 0 atom stereocenters. The number of allylic oxidation sites excluding steroid dienone is 2. The van der Waals surface area contributed by atoms with Crippen LogP contribution in [-0.2, 0) is 0 Å². The average Bonchev–Trinajstić information content (AvgIpc) is 2.48. The standard InChI is InChI=1S/C17H18F6/c18-14-9-13(10-15(19)16(14)20)12-6-4-11(5-7-12)3-1-2-8-17(21,22)23/h1,3,9-12H,2,4-8H2/b3-1+/t11-,12-. The Morgan fingerprint density at radius 2 is 1.52 bits per heavy atom. The molecule has 0 nitrogen and oxygen atoms in total. The minimum atomic E-state index is -4.14. The van der Waals surface area contributed by atoms with Crippen molar-refractivity contribution >= 4 is 0 Å². The van der Waals surface area contributed by atoms with Gasteiger partial charge >= 0.3 is 6.18 Å². The van der Waals surface area contributed by atoms with Crippen molar-refractivity contribution in [3.63, 3.8) is 0 Å². The molecule has 0 amide bonds. The zero-order chi connectivity index (χ0) is 17.0. The maximum atomic E-state index is 13.3. The molecule has 0 radical (unpaired) electrons. The molecule has 0 unspecified atom stereocenters. The number of rotatable bonds is 4. The van der Waals surface area contributed by atoms with E-state index in [0.717, 1.165) is 25.0 Å². The third-order valence-electron chi connectivity index (χ3n) is 4.25. The molecule has 1 aliphatic rings. The average molecular weight is 336 g/mol. The van der Waals surface area contributed by atoms with Gasteiger partial charge in [-0.2, -0.15) is 13.2 Å². The van der Waals surface area contributed by atoms with Crippen LogP contribution in [0.1, 0.15) is 50.0 Å². The molecule has 0 N–H and O–H groups in total. The Labute approximate surface area is 131 Å². The molecular formula is C17H18F6. The highest BCUT2D eigenvalue weighted by Gasteiger charge is 2.26. The van der Waals surface area contributed by atoms with Gasteiger partial charge in [-0.05, 0) is 61.6 Å². The molecule has 2 rings (SSSR count). The Morgan fingerprint density at radius 1 is 0.957 bits per heavy atom. The molecule has 1 aromatic carbocycles. The van der Waals surface area contributed by atoms with Gasteiger partial charge in [0, 0.05) is 6.42 Å². The maximum Gasteiger partial charge on any atom is 0.389 e. The lowest BCUT2D eigenvalue weighted by molar-refractivity contribution is -0.133. The summed E-state index contributed by atoms with van der Waals surface area (Å²) in [6, 6.07) is 2.06. The minimum Gasteiger partial charge on any atom is -0.204 e. The molecular weight excluding hydrogens is 318 g/mol. The van der Waals surface area contributed by atoms with E-state index >= 15 is 0 Å². The molecule has 0 heterocycles. The van der Waals surface area contributed by atoms with Crippen LogP contribution in [0.25, 0.3) is 0 Å². The zero-order valence-electron chi connectivity index (χ0n) is 12.5. The molecule has 6 heteroatoms. The fraction of sp³-hybridized carbons (Fsp3) is 0.529. The first-order valence-corrected chi connectivity index (χ1v) is 7.64. The van der Waals surface area contributed by atoms with Crippen LogP contribution in [0.2, 0.25) is 0 Å². The van der Waals surface area contributed by atoms with Gasteiger partial charge in [0.05, 0.1) is 0 Å². The second-order valence-electron chi connectivity index (χ2n) is 5.99. The molecule has 128 valence electrons. The maximum absolute atomic E-state index is 13.3. The predicted molar refractivity (Wildman–Crippen MR) is 75.4 cm³/mol. The number of hydrogen-bond acceptors (Lipinski definition) is 0. The molecule has 0 bridgehead atoms. The number of benzene rings is 1. The van der Waals surface area contributed by atoms with Crippen molar-refractivity contribution in [1.82, 2.24) is 0 Å². The number of halogens is 6. The Kier molecular flexibility index (Phi) is 5.76. The van der Waals surface area contributed by atoms with Gasteiger partial charge in [0.15, 0.2) is 17.5 Å².